The second-order valence-corrected chi connectivity index (χ2v) is 6.73. The second kappa shape index (κ2) is 7.48. The van der Waals surface area contributed by atoms with Crippen molar-refractivity contribution in [3.63, 3.8) is 0 Å². The van der Waals surface area contributed by atoms with E-state index < -0.39 is 11.7 Å². The predicted octanol–water partition coefficient (Wildman–Crippen LogP) is 4.76. The molecule has 0 aromatic rings. The van der Waals surface area contributed by atoms with Gasteiger partial charge in [0.1, 0.15) is 5.60 Å². The third-order valence-corrected chi connectivity index (χ3v) is 3.72. The summed E-state index contributed by atoms with van der Waals surface area (Å²) in [6.07, 6.45) is 8.35. The first-order chi connectivity index (χ1) is 9.74. The van der Waals surface area contributed by atoms with E-state index in [0.717, 1.165) is 5.57 Å². The molecular formula is C18H29NO2. The molecule has 0 aromatic carbocycles. The van der Waals surface area contributed by atoms with Crippen LogP contribution in [0.25, 0.3) is 0 Å². The first-order valence-corrected chi connectivity index (χ1v) is 7.76. The lowest BCUT2D eigenvalue weighted by atomic mass is 9.88. The highest BCUT2D eigenvalue weighted by molar-refractivity contribution is 5.69. The molecule has 1 fully saturated rings. The molecule has 0 aliphatic heterocycles. The van der Waals surface area contributed by atoms with Crippen LogP contribution in [0.1, 0.15) is 53.4 Å². The molecule has 1 aliphatic rings. The Morgan fingerprint density at radius 2 is 1.90 bits per heavy atom. The zero-order valence-corrected chi connectivity index (χ0v) is 13.9. The summed E-state index contributed by atoms with van der Waals surface area (Å²) in [5, 5.41) is 2.86. The minimum absolute atomic E-state index is 0.147. The third-order valence-electron chi connectivity index (χ3n) is 3.72. The van der Waals surface area contributed by atoms with Gasteiger partial charge in [-0.2, -0.15) is 0 Å². The number of nitrogens with one attached hydrogen (secondary N) is 1. The van der Waals surface area contributed by atoms with Crippen LogP contribution in [-0.4, -0.2) is 17.7 Å². The fraction of sp³-hybridized carbons (Fsp3) is 0.611. The first kappa shape index (κ1) is 17.5. The Hall–Kier alpha value is -1.51. The summed E-state index contributed by atoms with van der Waals surface area (Å²) >= 11 is 0. The van der Waals surface area contributed by atoms with E-state index >= 15 is 0 Å². The average molecular weight is 291 g/mol. The Balaban J connectivity index is 2.68. The van der Waals surface area contributed by atoms with Gasteiger partial charge >= 0.3 is 6.09 Å². The molecule has 1 N–H and O–H groups in total. The van der Waals surface area contributed by atoms with Crippen LogP contribution in [0.5, 0.6) is 0 Å². The maximum Gasteiger partial charge on any atom is 0.408 e. The maximum atomic E-state index is 11.9. The largest absolute Gasteiger partial charge is 0.444 e. The van der Waals surface area contributed by atoms with Gasteiger partial charge in [-0.25, -0.2) is 4.79 Å². The molecule has 1 rings (SSSR count). The molecular weight excluding hydrogens is 262 g/mol. The lowest BCUT2D eigenvalue weighted by Crippen LogP contribution is -2.39. The van der Waals surface area contributed by atoms with Crippen LogP contribution >= 0.6 is 0 Å². The van der Waals surface area contributed by atoms with Crippen LogP contribution in [0.2, 0.25) is 0 Å². The molecule has 21 heavy (non-hydrogen) atoms. The highest BCUT2D eigenvalue weighted by Gasteiger charge is 2.25. The minimum Gasteiger partial charge on any atom is -0.444 e. The molecule has 118 valence electrons. The number of alkyl carbamates (subject to hydrolysis) is 1. The highest BCUT2D eigenvalue weighted by Crippen LogP contribution is 2.35. The number of ether oxygens (including phenoxy) is 1. The second-order valence-electron chi connectivity index (χ2n) is 6.73. The summed E-state index contributed by atoms with van der Waals surface area (Å²) in [5.74, 6) is 0.540. The number of hydrogen-bond donors (Lipinski definition) is 1. The fourth-order valence-corrected chi connectivity index (χ4v) is 2.69. The molecule has 3 heteroatoms. The van der Waals surface area contributed by atoms with Crippen molar-refractivity contribution in [2.24, 2.45) is 5.92 Å². The van der Waals surface area contributed by atoms with E-state index in [0.29, 0.717) is 5.92 Å². The molecule has 1 saturated carbocycles. The van der Waals surface area contributed by atoms with Gasteiger partial charge in [-0.15, -0.1) is 0 Å². The zero-order valence-electron chi connectivity index (χ0n) is 13.9. The number of amides is 1. The van der Waals surface area contributed by atoms with E-state index in [4.69, 9.17) is 4.74 Å². The normalized spacial score (nSPS) is 18.2. The van der Waals surface area contributed by atoms with Crippen molar-refractivity contribution >= 4 is 6.09 Å². The smallest absolute Gasteiger partial charge is 0.408 e. The molecule has 3 nitrogen and oxygen atoms in total. The van der Waals surface area contributed by atoms with Crippen LogP contribution in [0, 0.1) is 5.92 Å². The van der Waals surface area contributed by atoms with E-state index in [1.165, 1.54) is 31.3 Å². The quantitative estimate of drug-likeness (QED) is 0.742. The minimum atomic E-state index is -0.490. The van der Waals surface area contributed by atoms with Crippen LogP contribution in [0.15, 0.2) is 36.5 Å². The van der Waals surface area contributed by atoms with E-state index in [1.807, 2.05) is 33.8 Å². The Kier molecular flexibility index (Phi) is 6.25. The summed E-state index contributed by atoms with van der Waals surface area (Å²) in [5.41, 5.74) is 1.68. The van der Waals surface area contributed by atoms with Crippen molar-refractivity contribution in [3.8, 4) is 0 Å². The lowest BCUT2D eigenvalue weighted by molar-refractivity contribution is 0.0516. The first-order valence-electron chi connectivity index (χ1n) is 7.76. The molecule has 1 unspecified atom stereocenters. The molecule has 0 radical (unpaired) electrons. The summed E-state index contributed by atoms with van der Waals surface area (Å²) in [6.45, 7) is 15.5. The van der Waals surface area contributed by atoms with Gasteiger partial charge in [-0.3, -0.25) is 0 Å². The van der Waals surface area contributed by atoms with E-state index in [1.54, 1.807) is 6.08 Å². The van der Waals surface area contributed by atoms with Crippen molar-refractivity contribution in [2.45, 2.75) is 65.0 Å². The Morgan fingerprint density at radius 1 is 1.33 bits per heavy atom. The van der Waals surface area contributed by atoms with Crippen molar-refractivity contribution in [1.29, 1.82) is 0 Å². The molecule has 1 atom stereocenters. The van der Waals surface area contributed by atoms with Gasteiger partial charge < -0.3 is 10.1 Å². The van der Waals surface area contributed by atoms with Crippen LogP contribution in [0.4, 0.5) is 4.79 Å². The van der Waals surface area contributed by atoms with E-state index in [9.17, 15) is 4.79 Å². The van der Waals surface area contributed by atoms with Crippen LogP contribution in [-0.2, 0) is 4.74 Å². The van der Waals surface area contributed by atoms with Gasteiger partial charge in [0.25, 0.3) is 0 Å². The van der Waals surface area contributed by atoms with Gasteiger partial charge in [0.05, 0.1) is 6.04 Å². The number of carbonyl (C=O) groups is 1. The zero-order chi connectivity index (χ0) is 16.0. The van der Waals surface area contributed by atoms with Gasteiger partial charge in [0.15, 0.2) is 0 Å². The van der Waals surface area contributed by atoms with Crippen molar-refractivity contribution in [1.82, 2.24) is 5.32 Å². The van der Waals surface area contributed by atoms with Crippen LogP contribution in [0.3, 0.4) is 0 Å². The number of hydrogen-bond acceptors (Lipinski definition) is 2. The molecule has 1 amide bonds. The molecule has 0 saturated heterocycles. The summed E-state index contributed by atoms with van der Waals surface area (Å²) in [6, 6.07) is -0.147. The van der Waals surface area contributed by atoms with Crippen molar-refractivity contribution in [2.75, 3.05) is 0 Å². The standard InChI is InChI=1S/C18H29NO2/c1-7-10-16(15-11-8-9-12-15)13(2)14(3)19-17(20)21-18(4,5)6/h7,10,14-15H,1-2,8-9,11-12H2,3-6H3,(H,19,20)/b16-10+. The summed E-state index contributed by atoms with van der Waals surface area (Å²) in [7, 11) is 0. The molecule has 0 spiro atoms. The molecule has 0 heterocycles. The Bertz CT molecular complexity index is 423. The third kappa shape index (κ3) is 5.78. The van der Waals surface area contributed by atoms with Gasteiger partial charge in [0.2, 0.25) is 0 Å². The topological polar surface area (TPSA) is 38.3 Å². The lowest BCUT2D eigenvalue weighted by Gasteiger charge is -2.25. The average Bonchev–Trinajstić information content (AvgIpc) is 2.86. The van der Waals surface area contributed by atoms with Gasteiger partial charge in [-0.05, 0) is 57.6 Å². The summed E-state index contributed by atoms with van der Waals surface area (Å²) < 4.78 is 5.29. The monoisotopic (exact) mass is 291 g/mol. The van der Waals surface area contributed by atoms with E-state index in [-0.39, 0.29) is 6.04 Å². The van der Waals surface area contributed by atoms with Crippen LogP contribution < -0.4 is 5.32 Å². The van der Waals surface area contributed by atoms with E-state index in [2.05, 4.69) is 18.5 Å². The summed E-state index contributed by atoms with van der Waals surface area (Å²) in [4.78, 5) is 11.9. The Labute approximate surface area is 129 Å². The van der Waals surface area contributed by atoms with Crippen molar-refractivity contribution in [3.05, 3.63) is 36.5 Å². The van der Waals surface area contributed by atoms with Crippen molar-refractivity contribution < 1.29 is 9.53 Å². The number of rotatable bonds is 5. The predicted molar refractivity (Wildman–Crippen MR) is 88.2 cm³/mol. The highest BCUT2D eigenvalue weighted by atomic mass is 16.6. The van der Waals surface area contributed by atoms with Gasteiger partial charge in [-0.1, -0.05) is 38.2 Å². The fourth-order valence-electron chi connectivity index (χ4n) is 2.69. The SMILES string of the molecule is C=C/C=C(\C(=C)C(C)NC(=O)OC(C)(C)C)C1CCCC1. The molecule has 1 aliphatic carbocycles. The molecule has 0 aromatic heterocycles. The Morgan fingerprint density at radius 3 is 2.38 bits per heavy atom. The maximum absolute atomic E-state index is 11.9. The molecule has 0 bridgehead atoms. The number of carbonyl (C=O) groups excluding carboxylic acids is 1. The number of allylic oxidation sites excluding steroid dienone is 2. The van der Waals surface area contributed by atoms with Gasteiger partial charge in [0, 0.05) is 0 Å².